The van der Waals surface area contributed by atoms with Crippen LogP contribution in [0, 0.1) is 6.92 Å². The molecule has 0 fully saturated rings. The van der Waals surface area contributed by atoms with Gasteiger partial charge in [0.05, 0.1) is 24.1 Å². The second kappa shape index (κ2) is 12.8. The third-order valence-corrected chi connectivity index (χ3v) is 7.17. The molecule has 2 amide bonds. The van der Waals surface area contributed by atoms with Crippen molar-refractivity contribution in [1.29, 1.82) is 0 Å². The predicted molar refractivity (Wildman–Crippen MR) is 139 cm³/mol. The Bertz CT molecular complexity index is 1120. The summed E-state index contributed by atoms with van der Waals surface area (Å²) < 4.78 is 31.3. The number of sulfonamides is 1. The molecular formula is C25H34ClN3O5S. The molecular weight excluding hydrogens is 490 g/mol. The molecule has 2 aromatic rings. The van der Waals surface area contributed by atoms with Gasteiger partial charge >= 0.3 is 0 Å². The van der Waals surface area contributed by atoms with Gasteiger partial charge in [-0.15, -0.1) is 0 Å². The van der Waals surface area contributed by atoms with Gasteiger partial charge in [-0.1, -0.05) is 48.4 Å². The normalized spacial score (nSPS) is 12.1. The Hall–Kier alpha value is -2.78. The molecule has 0 aliphatic rings. The fourth-order valence-corrected chi connectivity index (χ4v) is 5.00. The number of methoxy groups -OCH3 is 1. The van der Waals surface area contributed by atoms with E-state index in [9.17, 15) is 18.0 Å². The maximum absolute atomic E-state index is 13.3. The number of anilines is 1. The number of hydrogen-bond donors (Lipinski definition) is 1. The van der Waals surface area contributed by atoms with Crippen LogP contribution in [0.5, 0.6) is 5.75 Å². The molecule has 0 bridgehead atoms. The van der Waals surface area contributed by atoms with Crippen molar-refractivity contribution in [3.8, 4) is 5.75 Å². The van der Waals surface area contributed by atoms with E-state index < -0.39 is 16.1 Å². The van der Waals surface area contributed by atoms with Crippen molar-refractivity contribution >= 4 is 39.1 Å². The van der Waals surface area contributed by atoms with E-state index in [1.54, 1.807) is 24.1 Å². The highest BCUT2D eigenvalue weighted by molar-refractivity contribution is 7.92. The van der Waals surface area contributed by atoms with Gasteiger partial charge in [0.2, 0.25) is 21.8 Å². The maximum atomic E-state index is 13.3. The Labute approximate surface area is 213 Å². The first-order valence-corrected chi connectivity index (χ1v) is 13.6. The van der Waals surface area contributed by atoms with Gasteiger partial charge in [-0.05, 0) is 43.5 Å². The van der Waals surface area contributed by atoms with Gasteiger partial charge in [-0.3, -0.25) is 13.9 Å². The lowest BCUT2D eigenvalue weighted by Crippen LogP contribution is -2.48. The van der Waals surface area contributed by atoms with Gasteiger partial charge < -0.3 is 15.0 Å². The summed E-state index contributed by atoms with van der Waals surface area (Å²) >= 11 is 6.19. The topological polar surface area (TPSA) is 96.0 Å². The van der Waals surface area contributed by atoms with Crippen LogP contribution in [0.25, 0.3) is 0 Å². The van der Waals surface area contributed by atoms with Crippen LogP contribution in [0.15, 0.2) is 42.5 Å². The molecule has 0 heterocycles. The summed E-state index contributed by atoms with van der Waals surface area (Å²) in [7, 11) is -0.596. The third-order valence-electron chi connectivity index (χ3n) is 5.68. The molecule has 0 saturated heterocycles. The van der Waals surface area contributed by atoms with E-state index in [2.05, 4.69) is 5.32 Å². The molecule has 0 aromatic heterocycles. The smallest absolute Gasteiger partial charge is 0.242 e. The number of rotatable bonds is 12. The van der Waals surface area contributed by atoms with Gasteiger partial charge in [0.1, 0.15) is 11.8 Å². The Balaban J connectivity index is 2.20. The number of aryl methyl sites for hydroxylation is 1. The summed E-state index contributed by atoms with van der Waals surface area (Å²) in [5, 5.41) is 2.92. The third kappa shape index (κ3) is 7.86. The fourth-order valence-electron chi connectivity index (χ4n) is 3.79. The zero-order valence-corrected chi connectivity index (χ0v) is 22.4. The summed E-state index contributed by atoms with van der Waals surface area (Å²) in [5.41, 5.74) is 2.40. The second-order valence-corrected chi connectivity index (χ2v) is 10.6. The predicted octanol–water partition coefficient (Wildman–Crippen LogP) is 3.76. The first-order chi connectivity index (χ1) is 16.5. The Morgan fingerprint density at radius 3 is 2.31 bits per heavy atom. The van der Waals surface area contributed by atoms with Crippen molar-refractivity contribution in [3.63, 3.8) is 0 Å². The van der Waals surface area contributed by atoms with Crippen LogP contribution in [-0.2, 0) is 26.2 Å². The molecule has 35 heavy (non-hydrogen) atoms. The number of benzene rings is 2. The van der Waals surface area contributed by atoms with Crippen LogP contribution in [-0.4, -0.2) is 58.1 Å². The van der Waals surface area contributed by atoms with Gasteiger partial charge in [-0.25, -0.2) is 8.42 Å². The van der Waals surface area contributed by atoms with Crippen molar-refractivity contribution in [1.82, 2.24) is 10.2 Å². The van der Waals surface area contributed by atoms with Gasteiger partial charge in [0.15, 0.2) is 0 Å². The van der Waals surface area contributed by atoms with E-state index >= 15 is 0 Å². The molecule has 0 radical (unpaired) electrons. The Kier molecular flexibility index (Phi) is 10.4. The fraction of sp³-hybridized carbons (Fsp3) is 0.440. The zero-order valence-electron chi connectivity index (χ0n) is 20.9. The van der Waals surface area contributed by atoms with Gasteiger partial charge in [0, 0.05) is 26.6 Å². The van der Waals surface area contributed by atoms with E-state index in [0.717, 1.165) is 17.4 Å². The van der Waals surface area contributed by atoms with E-state index in [4.69, 9.17) is 16.3 Å². The summed E-state index contributed by atoms with van der Waals surface area (Å²) in [6.45, 7) is 4.21. The molecule has 0 aliphatic carbocycles. The molecule has 2 aromatic carbocycles. The average Bonchev–Trinajstić information content (AvgIpc) is 2.81. The van der Waals surface area contributed by atoms with Gasteiger partial charge in [0.25, 0.3) is 0 Å². The lowest BCUT2D eigenvalue weighted by Gasteiger charge is -2.31. The maximum Gasteiger partial charge on any atom is 0.242 e. The van der Waals surface area contributed by atoms with Gasteiger partial charge in [-0.2, -0.15) is 0 Å². The summed E-state index contributed by atoms with van der Waals surface area (Å²) in [6.07, 6.45) is 1.91. The van der Waals surface area contributed by atoms with E-state index in [-0.39, 0.29) is 42.8 Å². The Morgan fingerprint density at radius 2 is 1.80 bits per heavy atom. The first-order valence-electron chi connectivity index (χ1n) is 11.4. The highest BCUT2D eigenvalue weighted by atomic mass is 35.5. The first kappa shape index (κ1) is 28.5. The molecule has 0 aliphatic heterocycles. The minimum absolute atomic E-state index is 0.0786. The van der Waals surface area contributed by atoms with Crippen LogP contribution in [0.3, 0.4) is 0 Å². The molecule has 192 valence electrons. The molecule has 10 heteroatoms. The van der Waals surface area contributed by atoms with Crippen molar-refractivity contribution in [2.75, 3.05) is 31.3 Å². The monoisotopic (exact) mass is 523 g/mol. The number of nitrogens with one attached hydrogen (secondary N) is 1. The molecule has 0 unspecified atom stereocenters. The number of halogens is 1. The highest BCUT2D eigenvalue weighted by Gasteiger charge is 2.28. The molecule has 8 nitrogen and oxygen atoms in total. The van der Waals surface area contributed by atoms with Crippen molar-refractivity contribution in [3.05, 3.63) is 58.6 Å². The Morgan fingerprint density at radius 1 is 1.14 bits per heavy atom. The second-order valence-electron chi connectivity index (χ2n) is 8.30. The molecule has 1 atom stereocenters. The molecule has 1 N–H and O–H groups in total. The van der Waals surface area contributed by atoms with Crippen LogP contribution in [0.2, 0.25) is 5.02 Å². The lowest BCUT2D eigenvalue weighted by molar-refractivity contribution is -0.141. The minimum Gasteiger partial charge on any atom is -0.495 e. The largest absolute Gasteiger partial charge is 0.495 e. The zero-order chi connectivity index (χ0) is 26.2. The number of nitrogens with zero attached hydrogens (tertiary/aromatic N) is 2. The molecule has 2 rings (SSSR count). The number of carbonyl (C=O) groups is 2. The average molecular weight is 524 g/mol. The van der Waals surface area contributed by atoms with E-state index in [1.807, 2.05) is 38.1 Å². The summed E-state index contributed by atoms with van der Waals surface area (Å²) in [6, 6.07) is 11.9. The number of carbonyl (C=O) groups excluding carboxylic acids is 2. The summed E-state index contributed by atoms with van der Waals surface area (Å²) in [4.78, 5) is 27.3. The summed E-state index contributed by atoms with van der Waals surface area (Å²) in [5.74, 6) is -0.0218. The minimum atomic E-state index is -3.62. The number of amides is 2. The van der Waals surface area contributed by atoms with Crippen LogP contribution in [0.1, 0.15) is 37.3 Å². The van der Waals surface area contributed by atoms with Crippen molar-refractivity contribution in [2.24, 2.45) is 0 Å². The number of likely N-dealkylation sites (N-methyl/N-ethyl adjacent to an activating group) is 1. The van der Waals surface area contributed by atoms with Crippen LogP contribution < -0.4 is 14.4 Å². The van der Waals surface area contributed by atoms with Crippen LogP contribution in [0.4, 0.5) is 5.69 Å². The lowest BCUT2D eigenvalue weighted by atomic mass is 10.1. The van der Waals surface area contributed by atoms with E-state index in [0.29, 0.717) is 17.9 Å². The highest BCUT2D eigenvalue weighted by Crippen LogP contribution is 2.30. The molecule has 0 saturated carbocycles. The van der Waals surface area contributed by atoms with E-state index in [1.165, 1.54) is 17.5 Å². The standard InChI is InChI=1S/C25H34ClN3O5S/c1-6-22(25(31)27-3)28(17-19-11-9-18(2)10-12-19)24(30)8-7-15-29(35(5,32)33)20-13-14-23(34-4)21(26)16-20/h9-14,16,22H,6-8,15,17H2,1-5H3,(H,27,31)/t22-/m1/s1. The van der Waals surface area contributed by atoms with Crippen molar-refractivity contribution < 1.29 is 22.7 Å². The quantitative estimate of drug-likeness (QED) is 0.457. The number of ether oxygens (including phenoxy) is 1. The number of hydrogen-bond acceptors (Lipinski definition) is 5. The molecule has 0 spiro atoms. The van der Waals surface area contributed by atoms with Crippen molar-refractivity contribution in [2.45, 2.75) is 45.7 Å². The SMILES string of the molecule is CC[C@H](C(=O)NC)N(Cc1ccc(C)cc1)C(=O)CCCN(c1ccc(OC)c(Cl)c1)S(C)(=O)=O. The van der Waals surface area contributed by atoms with Crippen LogP contribution >= 0.6 is 11.6 Å².